The highest BCUT2D eigenvalue weighted by atomic mass is 16.3. The van der Waals surface area contributed by atoms with Crippen LogP contribution in [0.2, 0.25) is 0 Å². The Morgan fingerprint density at radius 2 is 1.55 bits per heavy atom. The van der Waals surface area contributed by atoms with E-state index < -0.39 is 0 Å². The van der Waals surface area contributed by atoms with Gasteiger partial charge in [-0.2, -0.15) is 0 Å². The molecule has 1 aliphatic carbocycles. The number of aromatic hydroxyl groups is 1. The first-order chi connectivity index (χ1) is 19.6. The Balaban J connectivity index is 1.05. The van der Waals surface area contributed by atoms with E-state index in [2.05, 4.69) is 49.2 Å². The largest absolute Gasteiger partial charge is 0.507 e. The standard InChI is InChI=1S/C33H44N6O/c34-33-31(21-30(35-36-33)29-10-4-5-11-32(29)40)39-16-6-9-28(24-39)27-14-12-26(13-15-27)23-38-19-17-37(18-20-38)22-25-7-2-1-3-8-25/h4-5,10-15,21,25,28,40H,1-3,6-9,16-20,22-24H2,(H2,34,36). The van der Waals surface area contributed by atoms with Crippen LogP contribution in [-0.2, 0) is 6.54 Å². The Kier molecular flexibility index (Phi) is 8.49. The van der Waals surface area contributed by atoms with Crippen molar-refractivity contribution in [3.63, 3.8) is 0 Å². The molecular weight excluding hydrogens is 496 g/mol. The number of aromatic nitrogens is 2. The molecule has 3 fully saturated rings. The first kappa shape index (κ1) is 27.0. The van der Waals surface area contributed by atoms with E-state index in [9.17, 15) is 5.11 Å². The third-order valence-corrected chi connectivity index (χ3v) is 9.31. The number of benzene rings is 2. The lowest BCUT2D eigenvalue weighted by atomic mass is 9.89. The molecule has 7 heteroatoms. The SMILES string of the molecule is Nc1nnc(-c2ccccc2O)cc1N1CCCC(c2ccc(CN3CCN(CC4CCCCC4)CC3)cc2)C1. The van der Waals surface area contributed by atoms with Crippen LogP contribution in [0.25, 0.3) is 11.3 Å². The van der Waals surface area contributed by atoms with Crippen LogP contribution in [0.15, 0.2) is 54.6 Å². The first-order valence-electron chi connectivity index (χ1n) is 15.3. The Morgan fingerprint density at radius 1 is 0.800 bits per heavy atom. The average Bonchev–Trinajstić information content (AvgIpc) is 3.00. The molecule has 0 amide bonds. The summed E-state index contributed by atoms with van der Waals surface area (Å²) in [7, 11) is 0. The minimum atomic E-state index is 0.199. The fourth-order valence-electron chi connectivity index (χ4n) is 6.95. The number of phenols is 1. The van der Waals surface area contributed by atoms with E-state index in [4.69, 9.17) is 5.73 Å². The van der Waals surface area contributed by atoms with Crippen molar-refractivity contribution in [1.29, 1.82) is 0 Å². The van der Waals surface area contributed by atoms with Gasteiger partial charge in [0.15, 0.2) is 5.82 Å². The summed E-state index contributed by atoms with van der Waals surface area (Å²) < 4.78 is 0. The molecule has 2 saturated heterocycles. The molecule has 0 bridgehead atoms. The number of piperazine rings is 1. The monoisotopic (exact) mass is 540 g/mol. The highest BCUT2D eigenvalue weighted by Crippen LogP contribution is 2.35. The molecule has 1 unspecified atom stereocenters. The molecule has 1 atom stereocenters. The van der Waals surface area contributed by atoms with Crippen molar-refractivity contribution in [1.82, 2.24) is 20.0 Å². The molecule has 40 heavy (non-hydrogen) atoms. The van der Waals surface area contributed by atoms with Gasteiger partial charge in [0.2, 0.25) is 0 Å². The van der Waals surface area contributed by atoms with Crippen molar-refractivity contribution in [3.8, 4) is 17.0 Å². The van der Waals surface area contributed by atoms with Gasteiger partial charge in [-0.25, -0.2) is 0 Å². The summed E-state index contributed by atoms with van der Waals surface area (Å²) in [5, 5.41) is 18.8. The summed E-state index contributed by atoms with van der Waals surface area (Å²) in [6.45, 7) is 8.99. The topological polar surface area (TPSA) is 81.7 Å². The van der Waals surface area contributed by atoms with Crippen LogP contribution in [0.5, 0.6) is 5.75 Å². The van der Waals surface area contributed by atoms with E-state index in [0.29, 0.717) is 23.0 Å². The maximum atomic E-state index is 10.3. The second kappa shape index (κ2) is 12.6. The molecule has 2 aromatic carbocycles. The zero-order valence-corrected chi connectivity index (χ0v) is 23.7. The Morgan fingerprint density at radius 3 is 2.33 bits per heavy atom. The molecule has 3 aliphatic rings. The van der Waals surface area contributed by atoms with E-state index in [1.54, 1.807) is 6.07 Å². The first-order valence-corrected chi connectivity index (χ1v) is 15.3. The van der Waals surface area contributed by atoms with Crippen molar-refractivity contribution in [2.24, 2.45) is 5.92 Å². The lowest BCUT2D eigenvalue weighted by Gasteiger charge is -2.37. The molecular formula is C33H44N6O. The van der Waals surface area contributed by atoms with Gasteiger partial charge in [-0.05, 0) is 60.9 Å². The molecule has 2 aliphatic heterocycles. The van der Waals surface area contributed by atoms with Crippen LogP contribution in [0.1, 0.15) is 62.0 Å². The second-order valence-electron chi connectivity index (χ2n) is 12.1. The third kappa shape index (κ3) is 6.42. The Hall–Kier alpha value is -3.16. The number of anilines is 2. The number of nitrogens with two attached hydrogens (primary N) is 1. The molecule has 212 valence electrons. The maximum Gasteiger partial charge on any atom is 0.169 e. The van der Waals surface area contributed by atoms with Crippen molar-refractivity contribution in [2.75, 3.05) is 56.4 Å². The van der Waals surface area contributed by atoms with E-state index in [1.165, 1.54) is 82.4 Å². The normalized spacial score (nSPS) is 21.5. The van der Waals surface area contributed by atoms with Gasteiger partial charge < -0.3 is 20.6 Å². The summed E-state index contributed by atoms with van der Waals surface area (Å²) in [6, 6.07) is 18.5. The predicted molar refractivity (Wildman–Crippen MR) is 162 cm³/mol. The summed E-state index contributed by atoms with van der Waals surface area (Å²) in [5.74, 6) is 2.03. The maximum absolute atomic E-state index is 10.3. The fourth-order valence-corrected chi connectivity index (χ4v) is 6.95. The van der Waals surface area contributed by atoms with Gasteiger partial charge in [0, 0.05) is 63.8 Å². The van der Waals surface area contributed by atoms with Crippen molar-refractivity contribution in [2.45, 2.75) is 57.4 Å². The third-order valence-electron chi connectivity index (χ3n) is 9.31. The van der Waals surface area contributed by atoms with Gasteiger partial charge >= 0.3 is 0 Å². The number of phenolic OH excluding ortho intramolecular Hbond substituents is 1. The minimum absolute atomic E-state index is 0.199. The van der Waals surface area contributed by atoms with Gasteiger partial charge in [-0.1, -0.05) is 55.7 Å². The molecule has 1 saturated carbocycles. The van der Waals surface area contributed by atoms with Crippen LogP contribution in [0.3, 0.4) is 0 Å². The van der Waals surface area contributed by atoms with E-state index in [-0.39, 0.29) is 5.75 Å². The average molecular weight is 541 g/mol. The van der Waals surface area contributed by atoms with Gasteiger partial charge in [0.1, 0.15) is 5.75 Å². The smallest absolute Gasteiger partial charge is 0.169 e. The van der Waals surface area contributed by atoms with Crippen LogP contribution >= 0.6 is 0 Å². The molecule has 3 aromatic rings. The second-order valence-corrected chi connectivity index (χ2v) is 12.1. The van der Waals surface area contributed by atoms with Crippen LogP contribution < -0.4 is 10.6 Å². The molecule has 1 aromatic heterocycles. The highest BCUT2D eigenvalue weighted by Gasteiger charge is 2.25. The number of nitrogens with zero attached hydrogens (tertiary/aromatic N) is 5. The van der Waals surface area contributed by atoms with Crippen molar-refractivity contribution in [3.05, 3.63) is 65.7 Å². The summed E-state index contributed by atoms with van der Waals surface area (Å²) in [6.07, 6.45) is 9.48. The zero-order valence-electron chi connectivity index (χ0n) is 23.7. The van der Waals surface area contributed by atoms with Crippen LogP contribution in [0, 0.1) is 5.92 Å². The molecule has 3 N–H and O–H groups in total. The number of nitrogen functional groups attached to an aromatic ring is 1. The fraction of sp³-hybridized carbons (Fsp3) is 0.515. The summed E-state index contributed by atoms with van der Waals surface area (Å²) >= 11 is 0. The van der Waals surface area contributed by atoms with Crippen molar-refractivity contribution >= 4 is 11.5 Å². The lowest BCUT2D eigenvalue weighted by molar-refractivity contribution is 0.105. The highest BCUT2D eigenvalue weighted by molar-refractivity contribution is 5.74. The van der Waals surface area contributed by atoms with Crippen LogP contribution in [0.4, 0.5) is 11.5 Å². The quantitative estimate of drug-likeness (QED) is 0.409. The number of hydrogen-bond donors (Lipinski definition) is 2. The predicted octanol–water partition coefficient (Wildman–Crippen LogP) is 5.51. The van der Waals surface area contributed by atoms with Gasteiger partial charge in [0.25, 0.3) is 0 Å². The minimum Gasteiger partial charge on any atom is -0.507 e. The van der Waals surface area contributed by atoms with E-state index in [0.717, 1.165) is 37.7 Å². The number of piperidine rings is 1. The van der Waals surface area contributed by atoms with Crippen molar-refractivity contribution < 1.29 is 5.11 Å². The molecule has 3 heterocycles. The summed E-state index contributed by atoms with van der Waals surface area (Å²) in [4.78, 5) is 7.67. The van der Waals surface area contributed by atoms with Gasteiger partial charge in [-0.3, -0.25) is 4.90 Å². The Labute approximate surface area is 239 Å². The molecule has 7 nitrogen and oxygen atoms in total. The lowest BCUT2D eigenvalue weighted by Crippen LogP contribution is -2.47. The number of para-hydroxylation sites is 1. The Bertz CT molecular complexity index is 1250. The van der Waals surface area contributed by atoms with Crippen LogP contribution in [-0.4, -0.2) is 70.9 Å². The number of hydrogen-bond acceptors (Lipinski definition) is 7. The van der Waals surface area contributed by atoms with Gasteiger partial charge in [0.05, 0.1) is 11.4 Å². The molecule has 6 rings (SSSR count). The van der Waals surface area contributed by atoms with Gasteiger partial charge in [-0.15, -0.1) is 10.2 Å². The number of rotatable bonds is 7. The molecule has 0 spiro atoms. The zero-order chi connectivity index (χ0) is 27.3. The molecule has 0 radical (unpaired) electrons. The summed E-state index contributed by atoms with van der Waals surface area (Å²) in [5.41, 5.74) is 11.3. The van der Waals surface area contributed by atoms with E-state index in [1.807, 2.05) is 24.3 Å². The van der Waals surface area contributed by atoms with E-state index >= 15 is 0 Å².